The van der Waals surface area contributed by atoms with Gasteiger partial charge in [0.15, 0.2) is 5.76 Å². The van der Waals surface area contributed by atoms with Gasteiger partial charge in [-0.05, 0) is 6.92 Å². The number of aryl methyl sites for hydroxylation is 1. The molecule has 0 saturated heterocycles. The molecule has 0 aliphatic carbocycles. The quantitative estimate of drug-likeness (QED) is 0.632. The maximum absolute atomic E-state index is 8.69. The first-order chi connectivity index (χ1) is 4.79. The van der Waals surface area contributed by atoms with Gasteiger partial charge < -0.3 is 14.9 Å². The minimum absolute atomic E-state index is 0.114. The lowest BCUT2D eigenvalue weighted by molar-refractivity contribution is 0.229. The molecule has 0 aliphatic heterocycles. The third-order valence-corrected chi connectivity index (χ3v) is 1.33. The molecule has 0 saturated carbocycles. The minimum Gasteiger partial charge on any atom is -0.388 e. The van der Waals surface area contributed by atoms with E-state index >= 15 is 0 Å². The number of nitrogens with zero attached hydrogens (tertiary/aromatic N) is 1. The van der Waals surface area contributed by atoms with Crippen LogP contribution in [0.15, 0.2) is 4.52 Å². The average molecular weight is 142 g/mol. The Morgan fingerprint density at radius 3 is 2.80 bits per heavy atom. The van der Waals surface area contributed by atoms with E-state index in [1.54, 1.807) is 7.05 Å². The second kappa shape index (κ2) is 2.70. The van der Waals surface area contributed by atoms with Gasteiger partial charge in [0, 0.05) is 7.05 Å². The second-order valence-corrected chi connectivity index (χ2v) is 1.97. The number of anilines is 1. The lowest BCUT2D eigenvalue weighted by Crippen LogP contribution is -1.92. The van der Waals surface area contributed by atoms with Gasteiger partial charge in [0.1, 0.15) is 18.0 Å². The number of aromatic nitrogens is 1. The molecule has 0 amide bonds. The summed E-state index contributed by atoms with van der Waals surface area (Å²) in [5, 5.41) is 15.2. The van der Waals surface area contributed by atoms with E-state index in [-0.39, 0.29) is 6.61 Å². The average Bonchev–Trinajstić information content (AvgIpc) is 2.30. The fraction of sp³-hybridized carbons (Fsp3) is 0.500. The first-order valence-electron chi connectivity index (χ1n) is 3.03. The molecule has 4 heteroatoms. The lowest BCUT2D eigenvalue weighted by atomic mass is 10.3. The Bertz CT molecular complexity index is 220. The van der Waals surface area contributed by atoms with E-state index in [2.05, 4.69) is 10.5 Å². The van der Waals surface area contributed by atoms with Gasteiger partial charge in [-0.1, -0.05) is 5.16 Å². The molecule has 1 rings (SSSR count). The summed E-state index contributed by atoms with van der Waals surface area (Å²) in [6.07, 6.45) is 0. The lowest BCUT2D eigenvalue weighted by Gasteiger charge is -1.95. The monoisotopic (exact) mass is 142 g/mol. The van der Waals surface area contributed by atoms with Crippen molar-refractivity contribution in [3.8, 4) is 0 Å². The maximum Gasteiger partial charge on any atom is 0.185 e. The van der Waals surface area contributed by atoms with Gasteiger partial charge in [-0.15, -0.1) is 0 Å². The zero-order valence-electron chi connectivity index (χ0n) is 6.01. The van der Waals surface area contributed by atoms with E-state index < -0.39 is 0 Å². The highest BCUT2D eigenvalue weighted by atomic mass is 16.5. The van der Waals surface area contributed by atoms with Crippen LogP contribution < -0.4 is 5.32 Å². The summed E-state index contributed by atoms with van der Waals surface area (Å²) < 4.78 is 4.77. The van der Waals surface area contributed by atoms with Crippen molar-refractivity contribution in [1.29, 1.82) is 0 Å². The maximum atomic E-state index is 8.69. The van der Waals surface area contributed by atoms with E-state index in [9.17, 15) is 0 Å². The Hall–Kier alpha value is -1.03. The van der Waals surface area contributed by atoms with Crippen molar-refractivity contribution in [3.05, 3.63) is 11.5 Å². The topological polar surface area (TPSA) is 58.3 Å². The Balaban J connectivity index is 3.01. The van der Waals surface area contributed by atoms with Gasteiger partial charge in [-0.3, -0.25) is 0 Å². The van der Waals surface area contributed by atoms with Crippen molar-refractivity contribution in [2.24, 2.45) is 0 Å². The van der Waals surface area contributed by atoms with Gasteiger partial charge in [-0.2, -0.15) is 0 Å². The molecule has 1 heterocycles. The molecule has 56 valence electrons. The third kappa shape index (κ3) is 0.974. The standard InChI is InChI=1S/C6H10N2O2/c1-4-6(7-2)5(3-9)10-8-4/h7,9H,3H2,1-2H3. The molecule has 0 fully saturated rings. The fourth-order valence-corrected chi connectivity index (χ4v) is 0.845. The largest absolute Gasteiger partial charge is 0.388 e. The van der Waals surface area contributed by atoms with Crippen LogP contribution in [0, 0.1) is 6.92 Å². The van der Waals surface area contributed by atoms with Crippen LogP contribution in [0.4, 0.5) is 5.69 Å². The van der Waals surface area contributed by atoms with E-state index in [0.717, 1.165) is 11.4 Å². The molecule has 4 nitrogen and oxygen atoms in total. The summed E-state index contributed by atoms with van der Waals surface area (Å²) in [6.45, 7) is 1.70. The zero-order chi connectivity index (χ0) is 7.56. The predicted octanol–water partition coefficient (Wildman–Crippen LogP) is 0.517. The normalized spacial score (nSPS) is 9.90. The molecule has 1 aromatic heterocycles. The molecule has 0 atom stereocenters. The molecule has 2 N–H and O–H groups in total. The molecule has 10 heavy (non-hydrogen) atoms. The van der Waals surface area contributed by atoms with Gasteiger partial charge >= 0.3 is 0 Å². The SMILES string of the molecule is CNc1c(C)noc1CO. The summed E-state index contributed by atoms with van der Waals surface area (Å²) in [7, 11) is 1.76. The highest BCUT2D eigenvalue weighted by Crippen LogP contribution is 2.18. The minimum atomic E-state index is -0.114. The van der Waals surface area contributed by atoms with Gasteiger partial charge in [0.25, 0.3) is 0 Å². The molecule has 0 aromatic carbocycles. The van der Waals surface area contributed by atoms with Gasteiger partial charge in [0.2, 0.25) is 0 Å². The number of aliphatic hydroxyl groups excluding tert-OH is 1. The summed E-state index contributed by atoms with van der Waals surface area (Å²) >= 11 is 0. The highest BCUT2D eigenvalue weighted by molar-refractivity contribution is 5.49. The van der Waals surface area contributed by atoms with E-state index in [4.69, 9.17) is 9.63 Å². The molecule has 0 radical (unpaired) electrons. The Morgan fingerprint density at radius 1 is 1.70 bits per heavy atom. The molecule has 0 spiro atoms. The Morgan fingerprint density at radius 2 is 2.40 bits per heavy atom. The molecular weight excluding hydrogens is 132 g/mol. The van der Waals surface area contributed by atoms with Gasteiger partial charge in [0.05, 0.1) is 0 Å². The first kappa shape index (κ1) is 7.08. The van der Waals surface area contributed by atoms with Crippen molar-refractivity contribution < 1.29 is 9.63 Å². The molecule has 0 aliphatic rings. The fourth-order valence-electron chi connectivity index (χ4n) is 0.845. The second-order valence-electron chi connectivity index (χ2n) is 1.97. The number of aliphatic hydroxyl groups is 1. The van der Waals surface area contributed by atoms with Crippen LogP contribution >= 0.6 is 0 Å². The molecule has 0 unspecified atom stereocenters. The highest BCUT2D eigenvalue weighted by Gasteiger charge is 2.08. The predicted molar refractivity (Wildman–Crippen MR) is 36.7 cm³/mol. The summed E-state index contributed by atoms with van der Waals surface area (Å²) in [6, 6.07) is 0. The summed E-state index contributed by atoms with van der Waals surface area (Å²) in [5.74, 6) is 0.486. The smallest absolute Gasteiger partial charge is 0.185 e. The van der Waals surface area contributed by atoms with Crippen LogP contribution in [-0.2, 0) is 6.61 Å². The van der Waals surface area contributed by atoms with Crippen molar-refractivity contribution in [2.75, 3.05) is 12.4 Å². The number of nitrogens with one attached hydrogen (secondary N) is 1. The van der Waals surface area contributed by atoms with Crippen molar-refractivity contribution >= 4 is 5.69 Å². The molecular formula is C6H10N2O2. The third-order valence-electron chi connectivity index (χ3n) is 1.33. The molecule has 0 bridgehead atoms. The first-order valence-corrected chi connectivity index (χ1v) is 3.03. The Kier molecular flexibility index (Phi) is 1.91. The van der Waals surface area contributed by atoms with Gasteiger partial charge in [-0.25, -0.2) is 0 Å². The van der Waals surface area contributed by atoms with Crippen molar-refractivity contribution in [2.45, 2.75) is 13.5 Å². The number of hydrogen-bond acceptors (Lipinski definition) is 4. The molecule has 1 aromatic rings. The van der Waals surface area contributed by atoms with Crippen LogP contribution in [0.1, 0.15) is 11.5 Å². The van der Waals surface area contributed by atoms with Crippen LogP contribution in [0.2, 0.25) is 0 Å². The zero-order valence-corrected chi connectivity index (χ0v) is 6.01. The Labute approximate surface area is 58.8 Å². The summed E-state index contributed by atoms with van der Waals surface area (Å²) in [4.78, 5) is 0. The van der Waals surface area contributed by atoms with E-state index in [0.29, 0.717) is 5.76 Å². The van der Waals surface area contributed by atoms with Crippen molar-refractivity contribution in [3.63, 3.8) is 0 Å². The van der Waals surface area contributed by atoms with Crippen LogP contribution in [0.5, 0.6) is 0 Å². The van der Waals surface area contributed by atoms with Crippen molar-refractivity contribution in [1.82, 2.24) is 5.16 Å². The van der Waals surface area contributed by atoms with E-state index in [1.807, 2.05) is 6.92 Å². The number of hydrogen-bond donors (Lipinski definition) is 2. The van der Waals surface area contributed by atoms with Crippen LogP contribution in [0.3, 0.4) is 0 Å². The summed E-state index contributed by atoms with van der Waals surface area (Å²) in [5.41, 5.74) is 1.55. The van der Waals surface area contributed by atoms with E-state index in [1.165, 1.54) is 0 Å². The number of rotatable bonds is 2. The van der Waals surface area contributed by atoms with Crippen LogP contribution in [0.25, 0.3) is 0 Å². The van der Waals surface area contributed by atoms with Crippen LogP contribution in [-0.4, -0.2) is 17.3 Å².